The van der Waals surface area contributed by atoms with Gasteiger partial charge in [0.2, 0.25) is 0 Å². The van der Waals surface area contributed by atoms with Gasteiger partial charge in [-0.1, -0.05) is 42.5 Å². The van der Waals surface area contributed by atoms with E-state index in [4.69, 9.17) is 4.74 Å². The molecule has 1 aromatic rings. The Kier molecular flexibility index (Phi) is 4.48. The summed E-state index contributed by atoms with van der Waals surface area (Å²) in [6.07, 6.45) is 4.01. The van der Waals surface area contributed by atoms with Crippen LogP contribution in [0, 0.1) is 0 Å². The molecule has 0 amide bonds. The van der Waals surface area contributed by atoms with Gasteiger partial charge in [0.1, 0.15) is 6.61 Å². The maximum atomic E-state index is 11.2. The molecule has 0 aliphatic carbocycles. The van der Waals surface area contributed by atoms with Gasteiger partial charge in [-0.25, -0.2) is 0 Å². The number of rotatable bonds is 4. The highest BCUT2D eigenvalue weighted by molar-refractivity contribution is 5.72. The van der Waals surface area contributed by atoms with Gasteiger partial charge in [-0.3, -0.25) is 4.79 Å². The second-order valence-corrected chi connectivity index (χ2v) is 2.91. The average Bonchev–Trinajstić information content (AvgIpc) is 2.20. The van der Waals surface area contributed by atoms with Crippen molar-refractivity contribution < 1.29 is 9.53 Å². The summed E-state index contributed by atoms with van der Waals surface area (Å²) < 4.78 is 4.96. The van der Waals surface area contributed by atoms with Crippen LogP contribution >= 0.6 is 0 Å². The third-order valence-corrected chi connectivity index (χ3v) is 1.77. The summed E-state index contributed by atoms with van der Waals surface area (Å²) in [4.78, 5) is 11.2. The highest BCUT2D eigenvalue weighted by Gasteiger charge is 2.02. The van der Waals surface area contributed by atoms with Gasteiger partial charge in [-0.15, -0.1) is 0 Å². The van der Waals surface area contributed by atoms with Crippen LogP contribution in [0.2, 0.25) is 0 Å². The van der Waals surface area contributed by atoms with Crippen molar-refractivity contribution in [3.8, 4) is 0 Å². The van der Waals surface area contributed by atoms with Crippen LogP contribution in [-0.4, -0.2) is 12.6 Å². The Balaban J connectivity index is 2.34. The Bertz CT molecular complexity index is 301. The maximum absolute atomic E-state index is 11.2. The van der Waals surface area contributed by atoms with Gasteiger partial charge in [0, 0.05) is 0 Å². The first kappa shape index (κ1) is 10.5. The second-order valence-electron chi connectivity index (χ2n) is 2.91. The van der Waals surface area contributed by atoms with E-state index in [0.29, 0.717) is 13.0 Å². The molecule has 0 spiro atoms. The van der Waals surface area contributed by atoms with Crippen LogP contribution in [0.4, 0.5) is 0 Å². The summed E-state index contributed by atoms with van der Waals surface area (Å²) in [5.74, 6) is -0.186. The van der Waals surface area contributed by atoms with Crippen molar-refractivity contribution in [2.24, 2.45) is 0 Å². The molecular formula is C12H14O2. The highest BCUT2D eigenvalue weighted by atomic mass is 16.5. The number of hydrogen-bond acceptors (Lipinski definition) is 2. The SMILES string of the molecule is C/C=C/COC(=O)Cc1ccccc1. The van der Waals surface area contributed by atoms with E-state index in [1.807, 2.05) is 49.4 Å². The van der Waals surface area contributed by atoms with Crippen LogP contribution in [0.5, 0.6) is 0 Å². The van der Waals surface area contributed by atoms with Gasteiger partial charge in [-0.05, 0) is 12.5 Å². The largest absolute Gasteiger partial charge is 0.461 e. The predicted molar refractivity (Wildman–Crippen MR) is 55.9 cm³/mol. The molecule has 0 radical (unpaired) electrons. The fourth-order valence-corrected chi connectivity index (χ4v) is 1.05. The van der Waals surface area contributed by atoms with E-state index in [0.717, 1.165) is 5.56 Å². The standard InChI is InChI=1S/C12H14O2/c1-2-3-9-14-12(13)10-11-7-5-4-6-8-11/h2-8H,9-10H2,1H3/b3-2+. The van der Waals surface area contributed by atoms with Crippen molar-refractivity contribution in [2.45, 2.75) is 13.3 Å². The van der Waals surface area contributed by atoms with E-state index in [1.54, 1.807) is 0 Å². The van der Waals surface area contributed by atoms with Crippen LogP contribution in [0.1, 0.15) is 12.5 Å². The van der Waals surface area contributed by atoms with Crippen molar-refractivity contribution in [1.29, 1.82) is 0 Å². The molecule has 0 aliphatic heterocycles. The lowest BCUT2D eigenvalue weighted by Crippen LogP contribution is -2.07. The smallest absolute Gasteiger partial charge is 0.310 e. The van der Waals surface area contributed by atoms with Gasteiger partial charge in [-0.2, -0.15) is 0 Å². The van der Waals surface area contributed by atoms with Crippen molar-refractivity contribution in [2.75, 3.05) is 6.61 Å². The molecule has 0 fully saturated rings. The number of hydrogen-bond donors (Lipinski definition) is 0. The molecule has 2 nitrogen and oxygen atoms in total. The topological polar surface area (TPSA) is 26.3 Å². The lowest BCUT2D eigenvalue weighted by molar-refractivity contribution is -0.141. The van der Waals surface area contributed by atoms with Crippen molar-refractivity contribution in [3.63, 3.8) is 0 Å². The first-order chi connectivity index (χ1) is 6.83. The van der Waals surface area contributed by atoms with Gasteiger partial charge in [0.15, 0.2) is 0 Å². The van der Waals surface area contributed by atoms with Crippen LogP contribution < -0.4 is 0 Å². The molecule has 14 heavy (non-hydrogen) atoms. The molecule has 0 aliphatic rings. The summed E-state index contributed by atoms with van der Waals surface area (Å²) >= 11 is 0. The van der Waals surface area contributed by atoms with Crippen molar-refractivity contribution >= 4 is 5.97 Å². The van der Waals surface area contributed by atoms with E-state index in [1.165, 1.54) is 0 Å². The summed E-state index contributed by atoms with van der Waals surface area (Å²) in [5, 5.41) is 0. The van der Waals surface area contributed by atoms with E-state index >= 15 is 0 Å². The second kappa shape index (κ2) is 5.97. The number of esters is 1. The Morgan fingerprint density at radius 3 is 2.71 bits per heavy atom. The molecular weight excluding hydrogens is 176 g/mol. The summed E-state index contributed by atoms with van der Waals surface area (Å²) in [5.41, 5.74) is 0.984. The molecule has 2 heteroatoms. The molecule has 0 N–H and O–H groups in total. The molecule has 74 valence electrons. The first-order valence-corrected chi connectivity index (χ1v) is 4.63. The number of benzene rings is 1. The van der Waals surface area contributed by atoms with Crippen LogP contribution in [0.25, 0.3) is 0 Å². The monoisotopic (exact) mass is 190 g/mol. The zero-order valence-electron chi connectivity index (χ0n) is 8.27. The minimum atomic E-state index is -0.186. The van der Waals surface area contributed by atoms with Crippen LogP contribution in [0.15, 0.2) is 42.5 Å². The quantitative estimate of drug-likeness (QED) is 0.538. The Labute approximate surface area is 84.2 Å². The summed E-state index contributed by atoms with van der Waals surface area (Å²) in [6.45, 7) is 2.26. The molecule has 0 saturated heterocycles. The molecule has 0 aromatic heterocycles. The first-order valence-electron chi connectivity index (χ1n) is 4.63. The van der Waals surface area contributed by atoms with Gasteiger partial charge < -0.3 is 4.74 Å². The summed E-state index contributed by atoms with van der Waals surface area (Å²) in [7, 11) is 0. The number of ether oxygens (including phenoxy) is 1. The molecule has 0 bridgehead atoms. The third-order valence-electron chi connectivity index (χ3n) is 1.77. The normalized spacial score (nSPS) is 10.4. The van der Waals surface area contributed by atoms with E-state index in [-0.39, 0.29) is 5.97 Å². The molecule has 0 heterocycles. The minimum Gasteiger partial charge on any atom is -0.461 e. The predicted octanol–water partition coefficient (Wildman–Crippen LogP) is 2.35. The van der Waals surface area contributed by atoms with Crippen LogP contribution in [-0.2, 0) is 16.0 Å². The van der Waals surface area contributed by atoms with E-state index in [2.05, 4.69) is 0 Å². The van der Waals surface area contributed by atoms with Gasteiger partial charge >= 0.3 is 5.97 Å². The Morgan fingerprint density at radius 2 is 2.07 bits per heavy atom. The van der Waals surface area contributed by atoms with Gasteiger partial charge in [0.25, 0.3) is 0 Å². The number of allylic oxidation sites excluding steroid dienone is 1. The average molecular weight is 190 g/mol. The zero-order chi connectivity index (χ0) is 10.2. The van der Waals surface area contributed by atoms with Crippen molar-refractivity contribution in [3.05, 3.63) is 48.0 Å². The molecule has 0 saturated carbocycles. The Hall–Kier alpha value is -1.57. The van der Waals surface area contributed by atoms with Crippen LogP contribution in [0.3, 0.4) is 0 Å². The fourth-order valence-electron chi connectivity index (χ4n) is 1.05. The molecule has 0 unspecified atom stereocenters. The molecule has 0 atom stereocenters. The molecule has 1 rings (SSSR count). The third kappa shape index (κ3) is 3.90. The molecule has 1 aromatic carbocycles. The maximum Gasteiger partial charge on any atom is 0.310 e. The fraction of sp³-hybridized carbons (Fsp3) is 0.250. The minimum absolute atomic E-state index is 0.186. The van der Waals surface area contributed by atoms with E-state index in [9.17, 15) is 4.79 Å². The van der Waals surface area contributed by atoms with Crippen molar-refractivity contribution in [1.82, 2.24) is 0 Å². The Morgan fingerprint density at radius 1 is 1.36 bits per heavy atom. The highest BCUT2D eigenvalue weighted by Crippen LogP contribution is 2.00. The number of carbonyl (C=O) groups excluding carboxylic acids is 1. The van der Waals surface area contributed by atoms with E-state index < -0.39 is 0 Å². The lowest BCUT2D eigenvalue weighted by Gasteiger charge is -2.01. The number of carbonyl (C=O) groups is 1. The summed E-state index contributed by atoms with van der Waals surface area (Å²) in [6, 6.07) is 9.58. The van der Waals surface area contributed by atoms with Gasteiger partial charge in [0.05, 0.1) is 6.42 Å². The zero-order valence-corrected chi connectivity index (χ0v) is 8.27. The lowest BCUT2D eigenvalue weighted by atomic mass is 10.2.